The molecule has 0 saturated heterocycles. The highest BCUT2D eigenvalue weighted by atomic mass is 31.2. The van der Waals surface area contributed by atoms with Gasteiger partial charge in [-0.3, -0.25) is 0 Å². The standard InChI is InChI=1S/3C9H14P.H3O4P/c3*1-10(2,3)9-7-5-4-6-8-9;1-5(2,3)4/h3*4-8H,1-3H3;(H3,1,2,3,4)/q3*+1;/p-3. The van der Waals surface area contributed by atoms with E-state index in [1.807, 2.05) is 0 Å². The Morgan fingerprint density at radius 2 is 0.571 bits per heavy atom. The summed E-state index contributed by atoms with van der Waals surface area (Å²) in [5, 5.41) is 4.53. The number of hydrogen-bond acceptors (Lipinski definition) is 4. The van der Waals surface area contributed by atoms with Gasteiger partial charge in [-0.15, -0.1) is 0 Å². The normalized spacial score (nSPS) is 11.5. The maximum atomic E-state index is 8.55. The van der Waals surface area contributed by atoms with Gasteiger partial charge in [0, 0.05) is 21.8 Å². The Labute approximate surface area is 215 Å². The molecule has 4 nitrogen and oxygen atoms in total. The summed E-state index contributed by atoms with van der Waals surface area (Å²) in [6.07, 6.45) is 0. The molecule has 3 rings (SSSR count). The third-order valence-electron chi connectivity index (χ3n) is 4.59. The van der Waals surface area contributed by atoms with Crippen LogP contribution < -0.4 is 30.6 Å². The fraction of sp³-hybridized carbons (Fsp3) is 0.333. The Kier molecular flexibility index (Phi) is 14.9. The van der Waals surface area contributed by atoms with E-state index in [2.05, 4.69) is 151 Å². The maximum Gasteiger partial charge on any atom is 0.0930 e. The van der Waals surface area contributed by atoms with Gasteiger partial charge in [0.25, 0.3) is 0 Å². The van der Waals surface area contributed by atoms with Crippen molar-refractivity contribution in [1.29, 1.82) is 0 Å². The van der Waals surface area contributed by atoms with Crippen molar-refractivity contribution >= 4 is 45.5 Å². The number of rotatable bonds is 3. The smallest absolute Gasteiger partial charge is 0.0930 e. The molecule has 3 aromatic carbocycles. The molecule has 0 aromatic heterocycles. The van der Waals surface area contributed by atoms with Gasteiger partial charge in [-0.2, -0.15) is 7.82 Å². The Morgan fingerprint density at radius 1 is 0.429 bits per heavy atom. The third kappa shape index (κ3) is 18.9. The lowest BCUT2D eigenvalue weighted by Gasteiger charge is -2.36. The molecule has 0 amide bonds. The first kappa shape index (κ1) is 34.1. The first-order valence-corrected chi connectivity index (χ1v) is 22.0. The minimum atomic E-state index is -5.39. The molecule has 0 aliphatic heterocycles. The molecule has 0 saturated carbocycles. The van der Waals surface area contributed by atoms with Crippen LogP contribution in [0.4, 0.5) is 0 Å². The molecule has 0 atom stereocenters. The van der Waals surface area contributed by atoms with E-state index in [0.717, 1.165) is 0 Å². The fourth-order valence-corrected chi connectivity index (χ4v) is 5.83. The van der Waals surface area contributed by atoms with Crippen molar-refractivity contribution in [3.8, 4) is 0 Å². The van der Waals surface area contributed by atoms with Crippen molar-refractivity contribution in [1.82, 2.24) is 0 Å². The summed E-state index contributed by atoms with van der Waals surface area (Å²) in [6.45, 7) is 21.0. The van der Waals surface area contributed by atoms with Crippen LogP contribution in [0, 0.1) is 0 Å². The molecule has 0 N–H and O–H groups in total. The predicted molar refractivity (Wildman–Crippen MR) is 160 cm³/mol. The second-order valence-corrected chi connectivity index (χ2v) is 25.0. The van der Waals surface area contributed by atoms with E-state index in [1.165, 1.54) is 15.9 Å². The van der Waals surface area contributed by atoms with Crippen molar-refractivity contribution in [2.75, 3.05) is 60.0 Å². The highest BCUT2D eigenvalue weighted by Crippen LogP contribution is 2.45. The number of benzene rings is 3. The zero-order valence-corrected chi connectivity index (χ0v) is 26.2. The van der Waals surface area contributed by atoms with Crippen molar-refractivity contribution < 1.29 is 19.2 Å². The number of phosphoric acid groups is 1. The zero-order chi connectivity index (χ0) is 27.3. The highest BCUT2D eigenvalue weighted by molar-refractivity contribution is 7.81. The van der Waals surface area contributed by atoms with Crippen LogP contribution in [0.5, 0.6) is 0 Å². The summed E-state index contributed by atoms with van der Waals surface area (Å²) < 4.78 is 8.55. The van der Waals surface area contributed by atoms with Crippen molar-refractivity contribution in [2.45, 2.75) is 0 Å². The van der Waals surface area contributed by atoms with E-state index in [0.29, 0.717) is 0 Å². The molecule has 194 valence electrons. The maximum absolute atomic E-state index is 8.55. The van der Waals surface area contributed by atoms with Gasteiger partial charge < -0.3 is 19.2 Å². The Hall–Kier alpha value is -0.940. The molecular formula is C27H42O4P4. The summed E-state index contributed by atoms with van der Waals surface area (Å²) in [5.74, 6) is 0. The monoisotopic (exact) mass is 554 g/mol. The molecule has 0 aliphatic carbocycles. The first-order chi connectivity index (χ1) is 15.8. The van der Waals surface area contributed by atoms with Crippen LogP contribution >= 0.6 is 29.6 Å². The molecule has 0 heterocycles. The highest BCUT2D eigenvalue weighted by Gasteiger charge is 2.20. The summed E-state index contributed by atoms with van der Waals surface area (Å²) in [6, 6.07) is 32.2. The van der Waals surface area contributed by atoms with Gasteiger partial charge in [0.05, 0.1) is 75.9 Å². The molecule has 0 spiro atoms. The molecule has 0 aliphatic rings. The van der Waals surface area contributed by atoms with Crippen LogP contribution in [0.2, 0.25) is 0 Å². The lowest BCUT2D eigenvalue weighted by Crippen LogP contribution is -2.24. The minimum Gasteiger partial charge on any atom is -0.822 e. The molecule has 0 bridgehead atoms. The average Bonchev–Trinajstić information content (AvgIpc) is 2.74. The molecular weight excluding hydrogens is 512 g/mol. The molecule has 35 heavy (non-hydrogen) atoms. The quantitative estimate of drug-likeness (QED) is 0.461. The lowest BCUT2D eigenvalue weighted by molar-refractivity contribution is -0.432. The fourth-order valence-electron chi connectivity index (χ4n) is 2.63. The van der Waals surface area contributed by atoms with Crippen LogP contribution in [0.3, 0.4) is 0 Å². The van der Waals surface area contributed by atoms with E-state index in [1.54, 1.807) is 0 Å². The van der Waals surface area contributed by atoms with Crippen molar-refractivity contribution in [3.63, 3.8) is 0 Å². The predicted octanol–water partition coefficient (Wildman–Crippen LogP) is 3.83. The zero-order valence-electron chi connectivity index (χ0n) is 22.6. The summed E-state index contributed by atoms with van der Waals surface area (Å²) in [7, 11) is -7.69. The van der Waals surface area contributed by atoms with Crippen LogP contribution in [-0.4, -0.2) is 60.0 Å². The second kappa shape index (κ2) is 15.3. The molecule has 0 fully saturated rings. The van der Waals surface area contributed by atoms with E-state index >= 15 is 0 Å². The minimum absolute atomic E-state index is 0.768. The van der Waals surface area contributed by atoms with Gasteiger partial charge in [-0.1, -0.05) is 54.6 Å². The van der Waals surface area contributed by atoms with Crippen LogP contribution in [-0.2, 0) is 4.57 Å². The number of hydrogen-bond donors (Lipinski definition) is 0. The van der Waals surface area contributed by atoms with E-state index in [9.17, 15) is 0 Å². The Balaban J connectivity index is 0.000000453. The van der Waals surface area contributed by atoms with Crippen LogP contribution in [0.25, 0.3) is 0 Å². The first-order valence-electron chi connectivity index (χ1n) is 11.2. The van der Waals surface area contributed by atoms with Crippen molar-refractivity contribution in [2.24, 2.45) is 0 Å². The second-order valence-electron chi connectivity index (χ2n) is 10.5. The van der Waals surface area contributed by atoms with Crippen LogP contribution in [0.1, 0.15) is 0 Å². The Morgan fingerprint density at radius 3 is 0.657 bits per heavy atom. The molecule has 8 heteroatoms. The van der Waals surface area contributed by atoms with Gasteiger partial charge in [0.15, 0.2) is 0 Å². The van der Waals surface area contributed by atoms with Crippen molar-refractivity contribution in [3.05, 3.63) is 91.0 Å². The third-order valence-corrected chi connectivity index (χ3v) is 10.1. The Bertz CT molecular complexity index is 861. The van der Waals surface area contributed by atoms with Crippen LogP contribution in [0.15, 0.2) is 91.0 Å². The van der Waals surface area contributed by atoms with Gasteiger partial charge in [0.2, 0.25) is 0 Å². The van der Waals surface area contributed by atoms with E-state index < -0.39 is 29.6 Å². The van der Waals surface area contributed by atoms with Gasteiger partial charge in [-0.25, -0.2) is 0 Å². The lowest BCUT2D eigenvalue weighted by atomic mass is 10.4. The topological polar surface area (TPSA) is 86.2 Å². The van der Waals surface area contributed by atoms with Gasteiger partial charge in [0.1, 0.15) is 0 Å². The molecule has 0 unspecified atom stereocenters. The molecule has 0 radical (unpaired) electrons. The molecule has 3 aromatic rings. The van der Waals surface area contributed by atoms with Gasteiger partial charge in [-0.05, 0) is 36.4 Å². The summed E-state index contributed by atoms with van der Waals surface area (Å²) >= 11 is 0. The average molecular weight is 555 g/mol. The van der Waals surface area contributed by atoms with Gasteiger partial charge >= 0.3 is 0 Å². The SMILES string of the molecule is C[P+](C)(C)c1ccccc1.C[P+](C)(C)c1ccccc1.C[P+](C)(C)c1ccccc1.O=P([O-])([O-])[O-]. The summed E-state index contributed by atoms with van der Waals surface area (Å²) in [5.41, 5.74) is 0. The summed E-state index contributed by atoms with van der Waals surface area (Å²) in [4.78, 5) is 25.6. The van der Waals surface area contributed by atoms with E-state index in [-0.39, 0.29) is 0 Å². The largest absolute Gasteiger partial charge is 0.822 e. The van der Waals surface area contributed by atoms with E-state index in [4.69, 9.17) is 19.2 Å².